The quantitative estimate of drug-likeness (QED) is 0.617. The average Bonchev–Trinajstić information content (AvgIpc) is 3.21. The van der Waals surface area contributed by atoms with Crippen LogP contribution in [0, 0.1) is 11.7 Å². The van der Waals surface area contributed by atoms with Gasteiger partial charge in [0.25, 0.3) is 0 Å². The van der Waals surface area contributed by atoms with Crippen molar-refractivity contribution < 1.29 is 19.1 Å². The second-order valence-electron chi connectivity index (χ2n) is 8.10. The van der Waals surface area contributed by atoms with Gasteiger partial charge in [-0.15, -0.1) is 11.3 Å². The fourth-order valence-electron chi connectivity index (χ4n) is 3.69. The summed E-state index contributed by atoms with van der Waals surface area (Å²) in [4.78, 5) is 30.4. The number of nitrogens with zero attached hydrogens (tertiary/aromatic N) is 2. The Labute approximate surface area is 186 Å². The highest BCUT2D eigenvalue weighted by atomic mass is 32.1. The zero-order chi connectivity index (χ0) is 22.4. The summed E-state index contributed by atoms with van der Waals surface area (Å²) >= 11 is 1.67. The van der Waals surface area contributed by atoms with E-state index >= 15 is 0 Å². The van der Waals surface area contributed by atoms with Gasteiger partial charge in [-0.25, -0.2) is 9.18 Å². The van der Waals surface area contributed by atoms with Gasteiger partial charge in [0.05, 0.1) is 6.54 Å². The fraction of sp³-hybridized carbons (Fsp3) is 0.478. The first kappa shape index (κ1) is 23.4. The van der Waals surface area contributed by atoms with Crippen LogP contribution in [-0.2, 0) is 16.1 Å². The molecule has 0 bridgehead atoms. The van der Waals surface area contributed by atoms with Crippen LogP contribution >= 0.6 is 11.3 Å². The highest BCUT2D eigenvalue weighted by Gasteiger charge is 2.27. The van der Waals surface area contributed by atoms with Gasteiger partial charge in [-0.1, -0.05) is 32.4 Å². The molecule has 1 amide bonds. The van der Waals surface area contributed by atoms with Crippen molar-refractivity contribution in [2.24, 2.45) is 5.92 Å². The van der Waals surface area contributed by atoms with Gasteiger partial charge in [-0.2, -0.15) is 0 Å². The van der Waals surface area contributed by atoms with Gasteiger partial charge < -0.3 is 10.4 Å². The number of nitrogens with one attached hydrogen (secondary N) is 1. The van der Waals surface area contributed by atoms with E-state index in [4.69, 9.17) is 0 Å². The van der Waals surface area contributed by atoms with Crippen molar-refractivity contribution in [3.8, 4) is 10.4 Å². The Bertz CT molecular complexity index is 896. The Balaban J connectivity index is 1.46. The Morgan fingerprint density at radius 1 is 1.16 bits per heavy atom. The molecule has 0 radical (unpaired) electrons. The van der Waals surface area contributed by atoms with Gasteiger partial charge in [0, 0.05) is 42.5 Å². The van der Waals surface area contributed by atoms with Crippen molar-refractivity contribution in [2.45, 2.75) is 32.9 Å². The zero-order valence-electron chi connectivity index (χ0n) is 18.0. The van der Waals surface area contributed by atoms with Crippen molar-refractivity contribution in [3.63, 3.8) is 0 Å². The van der Waals surface area contributed by atoms with Crippen molar-refractivity contribution in [1.29, 1.82) is 0 Å². The molecule has 31 heavy (non-hydrogen) atoms. The molecule has 6 nitrogen and oxygen atoms in total. The summed E-state index contributed by atoms with van der Waals surface area (Å²) < 4.78 is 13.5. The maximum atomic E-state index is 13.5. The number of carbonyl (C=O) groups excluding carboxylic acids is 1. The Morgan fingerprint density at radius 3 is 2.52 bits per heavy atom. The highest BCUT2D eigenvalue weighted by molar-refractivity contribution is 7.15. The van der Waals surface area contributed by atoms with Gasteiger partial charge in [0.1, 0.15) is 11.9 Å². The zero-order valence-corrected chi connectivity index (χ0v) is 18.8. The van der Waals surface area contributed by atoms with Gasteiger partial charge >= 0.3 is 5.97 Å². The van der Waals surface area contributed by atoms with Crippen LogP contribution in [0.2, 0.25) is 0 Å². The molecule has 8 heteroatoms. The second kappa shape index (κ2) is 10.8. The van der Waals surface area contributed by atoms with E-state index in [1.807, 2.05) is 26.0 Å². The molecule has 2 N–H and O–H groups in total. The summed E-state index contributed by atoms with van der Waals surface area (Å²) in [5.41, 5.74) is 0.893. The number of rotatable bonds is 9. The Hall–Kier alpha value is -2.29. The lowest BCUT2D eigenvalue weighted by Gasteiger charge is -2.34. The molecule has 2 aromatic rings. The molecule has 0 unspecified atom stereocenters. The van der Waals surface area contributed by atoms with Gasteiger partial charge in [0.15, 0.2) is 0 Å². The van der Waals surface area contributed by atoms with E-state index in [1.165, 1.54) is 10.9 Å². The number of carboxylic acid groups (broad SMARTS) is 1. The summed E-state index contributed by atoms with van der Waals surface area (Å²) in [6.07, 6.45) is 0.694. The minimum absolute atomic E-state index is 0.110. The number of piperazine rings is 1. The third-order valence-corrected chi connectivity index (χ3v) is 6.90. The third-order valence-electron chi connectivity index (χ3n) is 5.78. The molecule has 1 aromatic heterocycles. The largest absolute Gasteiger partial charge is 0.480 e. The smallest absolute Gasteiger partial charge is 0.326 e. The fourth-order valence-corrected chi connectivity index (χ4v) is 4.74. The summed E-state index contributed by atoms with van der Waals surface area (Å²) in [7, 11) is 0. The van der Waals surface area contributed by atoms with E-state index in [0.29, 0.717) is 6.42 Å². The highest BCUT2D eigenvalue weighted by Crippen LogP contribution is 2.29. The number of halogens is 1. The van der Waals surface area contributed by atoms with E-state index in [1.54, 1.807) is 23.5 Å². The topological polar surface area (TPSA) is 72.9 Å². The molecule has 0 saturated carbocycles. The predicted octanol–water partition coefficient (Wildman–Crippen LogP) is 3.29. The normalized spacial score (nSPS) is 17.3. The molecule has 3 rings (SSSR count). The average molecular weight is 448 g/mol. The number of thiophene rings is 1. The molecule has 1 aliphatic heterocycles. The van der Waals surface area contributed by atoms with Gasteiger partial charge in [-0.3, -0.25) is 14.6 Å². The van der Waals surface area contributed by atoms with Crippen LogP contribution in [0.5, 0.6) is 0 Å². The first-order valence-corrected chi connectivity index (χ1v) is 11.5. The summed E-state index contributed by atoms with van der Waals surface area (Å²) in [6, 6.07) is 9.92. The number of carbonyl (C=O) groups is 2. The van der Waals surface area contributed by atoms with E-state index in [9.17, 15) is 19.1 Å². The molecular weight excluding hydrogens is 417 g/mol. The number of benzene rings is 1. The van der Waals surface area contributed by atoms with Crippen molar-refractivity contribution in [3.05, 3.63) is 47.1 Å². The van der Waals surface area contributed by atoms with E-state index in [2.05, 4.69) is 21.2 Å². The monoisotopic (exact) mass is 447 g/mol. The molecule has 0 spiro atoms. The van der Waals surface area contributed by atoms with Crippen LogP contribution in [0.15, 0.2) is 36.4 Å². The number of hydrogen-bond acceptors (Lipinski definition) is 5. The summed E-state index contributed by atoms with van der Waals surface area (Å²) in [6.45, 7) is 8.00. The lowest BCUT2D eigenvalue weighted by Crippen LogP contribution is -2.52. The molecule has 1 saturated heterocycles. The van der Waals surface area contributed by atoms with Crippen LogP contribution in [0.3, 0.4) is 0 Å². The molecular formula is C23H30FN3O3S. The van der Waals surface area contributed by atoms with Crippen molar-refractivity contribution >= 4 is 23.2 Å². The molecule has 2 heterocycles. The molecule has 0 aliphatic carbocycles. The van der Waals surface area contributed by atoms with Crippen molar-refractivity contribution in [2.75, 3.05) is 32.7 Å². The van der Waals surface area contributed by atoms with Crippen LogP contribution in [0.4, 0.5) is 4.39 Å². The van der Waals surface area contributed by atoms with E-state index in [-0.39, 0.29) is 24.2 Å². The molecule has 1 fully saturated rings. The summed E-state index contributed by atoms with van der Waals surface area (Å²) in [5, 5.41) is 12.0. The molecule has 2 atom stereocenters. The van der Waals surface area contributed by atoms with Crippen LogP contribution in [-0.4, -0.2) is 65.5 Å². The Morgan fingerprint density at radius 2 is 1.87 bits per heavy atom. The molecule has 1 aliphatic rings. The number of aliphatic carboxylic acids is 1. The standard InChI is InChI=1S/C23H30FN3O3S/c1-3-16(2)22(23(29)30)25-21(28)15-27-11-9-26(10-12-27)14-19-7-8-20(31-19)17-5-4-6-18(24)13-17/h4-8,13,16,22H,3,9-12,14-15H2,1-2H3,(H,25,28)(H,29,30)/t16-,22-/m0/s1. The predicted molar refractivity (Wildman–Crippen MR) is 120 cm³/mol. The molecule has 1 aromatic carbocycles. The van der Waals surface area contributed by atoms with Gasteiger partial charge in [0.2, 0.25) is 5.91 Å². The molecule has 168 valence electrons. The number of carboxylic acids is 1. The first-order valence-electron chi connectivity index (χ1n) is 10.7. The first-order chi connectivity index (χ1) is 14.9. The second-order valence-corrected chi connectivity index (χ2v) is 9.27. The van der Waals surface area contributed by atoms with Crippen LogP contribution in [0.25, 0.3) is 10.4 Å². The maximum Gasteiger partial charge on any atom is 0.326 e. The summed E-state index contributed by atoms with van der Waals surface area (Å²) in [5.74, 6) is -1.56. The maximum absolute atomic E-state index is 13.5. The minimum atomic E-state index is -0.985. The Kier molecular flexibility index (Phi) is 8.17. The minimum Gasteiger partial charge on any atom is -0.480 e. The van der Waals surface area contributed by atoms with E-state index < -0.39 is 12.0 Å². The lowest BCUT2D eigenvalue weighted by molar-refractivity contribution is -0.143. The van der Waals surface area contributed by atoms with E-state index in [0.717, 1.165) is 43.2 Å². The van der Waals surface area contributed by atoms with Gasteiger partial charge in [-0.05, 0) is 35.7 Å². The number of amides is 1. The van der Waals surface area contributed by atoms with Crippen LogP contribution in [0.1, 0.15) is 25.1 Å². The van der Waals surface area contributed by atoms with Crippen LogP contribution < -0.4 is 5.32 Å². The number of hydrogen-bond donors (Lipinski definition) is 2. The SMILES string of the molecule is CC[C@H](C)[C@H](NC(=O)CN1CCN(Cc2ccc(-c3cccc(F)c3)s2)CC1)C(=O)O. The third kappa shape index (κ3) is 6.59. The lowest BCUT2D eigenvalue weighted by atomic mass is 9.99. The van der Waals surface area contributed by atoms with Crippen molar-refractivity contribution in [1.82, 2.24) is 15.1 Å².